The molecule has 12 heteroatoms. The highest BCUT2D eigenvalue weighted by Crippen LogP contribution is 2.28. The zero-order valence-corrected chi connectivity index (χ0v) is 18.9. The SMILES string of the molecule is O=C(Cc1c(Cl)cnc(NCC(F)(F)c2ccccn2)c1F)NCc1ccccc1-[n+]1cnc[nH]1. The van der Waals surface area contributed by atoms with Crippen LogP contribution >= 0.6 is 11.6 Å². The Morgan fingerprint density at radius 2 is 1.94 bits per heavy atom. The Balaban J connectivity index is 1.43. The second-order valence-corrected chi connectivity index (χ2v) is 7.90. The van der Waals surface area contributed by atoms with Crippen molar-refractivity contribution in [3.05, 3.63) is 95.2 Å². The van der Waals surface area contributed by atoms with Gasteiger partial charge >= 0.3 is 12.2 Å². The van der Waals surface area contributed by atoms with Gasteiger partial charge in [0, 0.05) is 30.1 Å². The van der Waals surface area contributed by atoms with Crippen LogP contribution in [-0.2, 0) is 23.7 Å². The zero-order valence-electron chi connectivity index (χ0n) is 18.2. The molecule has 180 valence electrons. The number of hydrogen-bond acceptors (Lipinski definition) is 5. The van der Waals surface area contributed by atoms with E-state index in [1.807, 2.05) is 24.3 Å². The highest BCUT2D eigenvalue weighted by atomic mass is 35.5. The van der Waals surface area contributed by atoms with Crippen LogP contribution in [-0.4, -0.2) is 32.5 Å². The standard InChI is InChI=1S/C23H19ClF3N7O/c24-17-11-31-22(32-12-23(26,27)19-7-3-4-8-29-19)21(25)16(17)9-20(35)30-10-15-5-1-2-6-18(15)34-14-28-13-33-34/h1-8,11,13-14H,9-10,12H2,(H2,30,31,32,35)/p+1. The number of nitrogens with zero attached hydrogens (tertiary/aromatic N) is 4. The summed E-state index contributed by atoms with van der Waals surface area (Å²) in [6.07, 6.45) is 5.05. The molecule has 0 aliphatic carbocycles. The van der Waals surface area contributed by atoms with Gasteiger partial charge < -0.3 is 10.6 Å². The average molecular weight is 503 g/mol. The molecule has 4 aromatic rings. The summed E-state index contributed by atoms with van der Waals surface area (Å²) in [6.45, 7) is -0.782. The number of aromatic nitrogens is 5. The number of H-pyrrole nitrogens is 1. The second-order valence-electron chi connectivity index (χ2n) is 7.50. The van der Waals surface area contributed by atoms with Gasteiger partial charge in [-0.1, -0.05) is 35.9 Å². The molecule has 3 aromatic heterocycles. The lowest BCUT2D eigenvalue weighted by atomic mass is 10.1. The predicted molar refractivity (Wildman–Crippen MR) is 121 cm³/mol. The Morgan fingerprint density at radius 3 is 2.69 bits per heavy atom. The minimum atomic E-state index is -3.37. The number of aromatic amines is 1. The fourth-order valence-electron chi connectivity index (χ4n) is 3.33. The number of alkyl halides is 2. The van der Waals surface area contributed by atoms with Crippen LogP contribution < -0.4 is 15.3 Å². The maximum Gasteiger partial charge on any atom is 0.312 e. The number of rotatable bonds is 9. The summed E-state index contributed by atoms with van der Waals surface area (Å²) >= 11 is 6.06. The maximum absolute atomic E-state index is 15.0. The first-order valence-corrected chi connectivity index (χ1v) is 10.8. The van der Waals surface area contributed by atoms with E-state index in [2.05, 4.69) is 30.7 Å². The lowest BCUT2D eigenvalue weighted by Gasteiger charge is -2.18. The van der Waals surface area contributed by atoms with Crippen molar-refractivity contribution in [2.75, 3.05) is 11.9 Å². The van der Waals surface area contributed by atoms with Crippen LogP contribution in [0.2, 0.25) is 5.02 Å². The quantitative estimate of drug-likeness (QED) is 0.305. The van der Waals surface area contributed by atoms with Crippen LogP contribution in [0.3, 0.4) is 0 Å². The molecule has 0 unspecified atom stereocenters. The van der Waals surface area contributed by atoms with Gasteiger partial charge in [0.15, 0.2) is 17.3 Å². The summed E-state index contributed by atoms with van der Waals surface area (Å²) in [5, 5.41) is 7.86. The molecule has 0 bridgehead atoms. The zero-order chi connectivity index (χ0) is 24.8. The Morgan fingerprint density at radius 1 is 1.14 bits per heavy atom. The topological polar surface area (TPSA) is 99.5 Å². The number of pyridine rings is 2. The van der Waals surface area contributed by atoms with Crippen LogP contribution in [0.25, 0.3) is 5.69 Å². The molecular weight excluding hydrogens is 483 g/mol. The highest BCUT2D eigenvalue weighted by molar-refractivity contribution is 6.31. The van der Waals surface area contributed by atoms with Gasteiger partial charge in [0.25, 0.3) is 0 Å². The summed E-state index contributed by atoms with van der Waals surface area (Å²) in [4.78, 5) is 23.9. The van der Waals surface area contributed by atoms with Gasteiger partial charge in [-0.25, -0.2) is 9.37 Å². The third-order valence-electron chi connectivity index (χ3n) is 5.10. The first-order valence-electron chi connectivity index (χ1n) is 10.5. The number of benzene rings is 1. The van der Waals surface area contributed by atoms with Gasteiger partial charge in [-0.2, -0.15) is 13.9 Å². The summed E-state index contributed by atoms with van der Waals surface area (Å²) in [5.74, 6) is -5.29. The molecule has 0 radical (unpaired) electrons. The normalized spacial score (nSPS) is 11.3. The smallest absolute Gasteiger partial charge is 0.312 e. The summed E-state index contributed by atoms with van der Waals surface area (Å²) in [7, 11) is 0. The molecule has 0 fully saturated rings. The molecule has 0 saturated carbocycles. The summed E-state index contributed by atoms with van der Waals surface area (Å²) in [6, 6.07) is 11.4. The van der Waals surface area contributed by atoms with Crippen molar-refractivity contribution >= 4 is 23.3 Å². The molecular formula is C23H20ClF3N7O+. The van der Waals surface area contributed by atoms with Crippen molar-refractivity contribution in [1.82, 2.24) is 25.4 Å². The average Bonchev–Trinajstić information content (AvgIpc) is 3.40. The van der Waals surface area contributed by atoms with Crippen molar-refractivity contribution in [3.63, 3.8) is 0 Å². The third-order valence-corrected chi connectivity index (χ3v) is 5.43. The summed E-state index contributed by atoms with van der Waals surface area (Å²) in [5.41, 5.74) is 0.948. The molecule has 0 atom stereocenters. The van der Waals surface area contributed by atoms with Crippen LogP contribution in [0.4, 0.5) is 19.0 Å². The van der Waals surface area contributed by atoms with Crippen molar-refractivity contribution < 1.29 is 22.6 Å². The number of carbonyl (C=O) groups is 1. The van der Waals surface area contributed by atoms with Gasteiger partial charge in [-0.15, -0.1) is 4.68 Å². The second kappa shape index (κ2) is 10.5. The number of hydrogen-bond donors (Lipinski definition) is 3. The largest absolute Gasteiger partial charge is 0.361 e. The van der Waals surface area contributed by atoms with Crippen molar-refractivity contribution in [3.8, 4) is 5.69 Å². The van der Waals surface area contributed by atoms with Gasteiger partial charge in [0.2, 0.25) is 12.2 Å². The fourth-order valence-corrected chi connectivity index (χ4v) is 3.52. The number of anilines is 1. The molecule has 1 amide bonds. The van der Waals surface area contributed by atoms with E-state index in [0.717, 1.165) is 17.4 Å². The van der Waals surface area contributed by atoms with Crippen LogP contribution in [0.5, 0.6) is 0 Å². The maximum atomic E-state index is 15.0. The van der Waals surface area contributed by atoms with Crippen LogP contribution in [0.1, 0.15) is 16.8 Å². The van der Waals surface area contributed by atoms with Gasteiger partial charge in [0.1, 0.15) is 5.69 Å². The van der Waals surface area contributed by atoms with E-state index in [1.165, 1.54) is 30.7 Å². The third kappa shape index (κ3) is 5.75. The number of amides is 1. The van der Waals surface area contributed by atoms with Crippen molar-refractivity contribution in [2.24, 2.45) is 0 Å². The number of carbonyl (C=O) groups excluding carboxylic acids is 1. The number of nitrogens with one attached hydrogen (secondary N) is 3. The van der Waals surface area contributed by atoms with Gasteiger partial charge in [0.05, 0.1) is 18.0 Å². The molecule has 0 aliphatic rings. The molecule has 0 saturated heterocycles. The molecule has 0 aliphatic heterocycles. The van der Waals surface area contributed by atoms with Crippen LogP contribution in [0, 0.1) is 5.82 Å². The molecule has 3 heterocycles. The molecule has 1 aromatic carbocycles. The number of para-hydroxylation sites is 1. The lowest BCUT2D eigenvalue weighted by molar-refractivity contribution is -0.657. The van der Waals surface area contributed by atoms with E-state index in [9.17, 15) is 13.6 Å². The predicted octanol–water partition coefficient (Wildman–Crippen LogP) is 3.33. The summed E-state index contributed by atoms with van der Waals surface area (Å²) < 4.78 is 45.5. The fraction of sp³-hybridized carbons (Fsp3) is 0.174. The lowest BCUT2D eigenvalue weighted by Crippen LogP contribution is -2.34. The minimum Gasteiger partial charge on any atom is -0.361 e. The number of halogens is 4. The van der Waals surface area contributed by atoms with Gasteiger partial charge in [-0.05, 0) is 23.2 Å². The molecule has 8 nitrogen and oxygen atoms in total. The Labute approximate surface area is 203 Å². The van der Waals surface area contributed by atoms with E-state index in [1.54, 1.807) is 11.0 Å². The Bertz CT molecular complexity index is 1300. The van der Waals surface area contributed by atoms with E-state index in [-0.39, 0.29) is 17.1 Å². The van der Waals surface area contributed by atoms with Gasteiger partial charge in [-0.3, -0.25) is 9.78 Å². The Hall–Kier alpha value is -3.99. The first kappa shape index (κ1) is 24.1. The molecule has 0 spiro atoms. The van der Waals surface area contributed by atoms with E-state index >= 15 is 4.39 Å². The van der Waals surface area contributed by atoms with E-state index in [4.69, 9.17) is 11.6 Å². The van der Waals surface area contributed by atoms with Crippen LogP contribution in [0.15, 0.2) is 67.5 Å². The first-order chi connectivity index (χ1) is 16.8. The van der Waals surface area contributed by atoms with E-state index < -0.39 is 42.1 Å². The molecule has 4 rings (SSSR count). The monoisotopic (exact) mass is 502 g/mol. The molecule has 3 N–H and O–H groups in total. The van der Waals surface area contributed by atoms with Crippen molar-refractivity contribution in [2.45, 2.75) is 18.9 Å². The van der Waals surface area contributed by atoms with E-state index in [0.29, 0.717) is 0 Å². The minimum absolute atomic E-state index is 0.0897. The van der Waals surface area contributed by atoms with Crippen molar-refractivity contribution in [1.29, 1.82) is 0 Å². The Kier molecular flexibility index (Phi) is 7.25. The highest BCUT2D eigenvalue weighted by Gasteiger charge is 2.33. The molecule has 35 heavy (non-hydrogen) atoms.